The van der Waals surface area contributed by atoms with Crippen LogP contribution in [0.2, 0.25) is 0 Å². The third-order valence-electron chi connectivity index (χ3n) is 3.19. The first-order valence-electron chi connectivity index (χ1n) is 7.35. The van der Waals surface area contributed by atoms with Crippen molar-refractivity contribution in [3.8, 4) is 0 Å². The van der Waals surface area contributed by atoms with Crippen molar-refractivity contribution in [1.29, 1.82) is 0 Å². The fourth-order valence-corrected chi connectivity index (χ4v) is 2.14. The fourth-order valence-electron chi connectivity index (χ4n) is 2.14. The van der Waals surface area contributed by atoms with E-state index >= 15 is 0 Å². The molecule has 3 amide bonds. The lowest BCUT2D eigenvalue weighted by Crippen LogP contribution is -2.34. The molecular weight excluding hydrogens is 300 g/mol. The highest BCUT2D eigenvalue weighted by Crippen LogP contribution is 2.22. The van der Waals surface area contributed by atoms with Gasteiger partial charge in [0.2, 0.25) is 5.91 Å². The molecule has 0 fully saturated rings. The van der Waals surface area contributed by atoms with Crippen molar-refractivity contribution in [3.05, 3.63) is 35.4 Å². The van der Waals surface area contributed by atoms with Crippen LogP contribution in [0.5, 0.6) is 0 Å². The molecule has 7 heteroatoms. The topological polar surface area (TPSA) is 92.8 Å². The Balaban J connectivity index is 1.84. The van der Waals surface area contributed by atoms with Gasteiger partial charge in [-0.1, -0.05) is 31.0 Å². The Morgan fingerprint density at radius 2 is 1.70 bits per heavy atom. The van der Waals surface area contributed by atoms with Crippen LogP contribution in [0.1, 0.15) is 47.4 Å². The maximum atomic E-state index is 12.0. The second-order valence-corrected chi connectivity index (χ2v) is 5.61. The Morgan fingerprint density at radius 3 is 2.22 bits per heavy atom. The Bertz CT molecular complexity index is 619. The minimum absolute atomic E-state index is 0.0908. The molecule has 0 aromatic heterocycles. The highest BCUT2D eigenvalue weighted by Gasteiger charge is 2.38. The molecule has 0 radical (unpaired) electrons. The summed E-state index contributed by atoms with van der Waals surface area (Å²) < 4.78 is 0. The maximum Gasteiger partial charge on any atom is 0.335 e. The van der Waals surface area contributed by atoms with Crippen molar-refractivity contribution >= 4 is 23.7 Å². The average Bonchev–Trinajstić information content (AvgIpc) is 2.72. The van der Waals surface area contributed by atoms with Crippen molar-refractivity contribution in [2.45, 2.75) is 26.7 Å². The van der Waals surface area contributed by atoms with Gasteiger partial charge < -0.3 is 10.2 Å². The summed E-state index contributed by atoms with van der Waals surface area (Å²) in [6.45, 7) is 3.92. The van der Waals surface area contributed by atoms with E-state index in [1.165, 1.54) is 12.1 Å². The molecule has 1 aromatic rings. The summed E-state index contributed by atoms with van der Waals surface area (Å²) in [5.74, 6) is -2.02. The van der Waals surface area contributed by atoms with Crippen LogP contribution in [0.15, 0.2) is 24.3 Å². The second-order valence-electron chi connectivity index (χ2n) is 5.61. The molecule has 1 aliphatic heterocycles. The van der Waals surface area contributed by atoms with Gasteiger partial charge in [0.1, 0.15) is 0 Å². The van der Waals surface area contributed by atoms with Gasteiger partial charge in [-0.3, -0.25) is 14.4 Å². The van der Waals surface area contributed by atoms with Gasteiger partial charge in [0, 0.05) is 13.0 Å². The number of carbonyl (C=O) groups is 4. The number of rotatable bonds is 6. The molecule has 122 valence electrons. The zero-order valence-corrected chi connectivity index (χ0v) is 13.0. The normalized spacial score (nSPS) is 13.3. The van der Waals surface area contributed by atoms with E-state index in [0.717, 1.165) is 0 Å². The highest BCUT2D eigenvalue weighted by atomic mass is 16.7. The van der Waals surface area contributed by atoms with Crippen LogP contribution < -0.4 is 5.32 Å². The van der Waals surface area contributed by atoms with E-state index in [1.54, 1.807) is 12.1 Å². The number of benzene rings is 1. The molecule has 0 aliphatic carbocycles. The van der Waals surface area contributed by atoms with Gasteiger partial charge in [0.15, 0.2) is 0 Å². The van der Waals surface area contributed by atoms with Crippen LogP contribution in [0.25, 0.3) is 0 Å². The van der Waals surface area contributed by atoms with Crippen molar-refractivity contribution in [3.63, 3.8) is 0 Å². The SMILES string of the molecule is CC(C)CC(=O)NCCC(=O)ON1C(=O)c2ccccc2C1=O. The van der Waals surface area contributed by atoms with Crippen LogP contribution in [0.4, 0.5) is 0 Å². The molecular formula is C16H18N2O5. The summed E-state index contributed by atoms with van der Waals surface area (Å²) >= 11 is 0. The monoisotopic (exact) mass is 318 g/mol. The van der Waals surface area contributed by atoms with Crippen LogP contribution in [-0.4, -0.2) is 35.3 Å². The zero-order chi connectivity index (χ0) is 17.0. The Hall–Kier alpha value is -2.70. The first kappa shape index (κ1) is 16.7. The standard InChI is InChI=1S/C16H18N2O5/c1-10(2)9-13(19)17-8-7-14(20)23-18-15(21)11-5-3-4-6-12(11)16(18)22/h3-6,10H,7-9H2,1-2H3,(H,17,19). The minimum Gasteiger partial charge on any atom is -0.356 e. The molecule has 0 spiro atoms. The number of nitrogens with one attached hydrogen (secondary N) is 1. The third-order valence-corrected chi connectivity index (χ3v) is 3.19. The zero-order valence-electron chi connectivity index (χ0n) is 13.0. The Labute approximate surface area is 133 Å². The lowest BCUT2D eigenvalue weighted by molar-refractivity contribution is -0.168. The Morgan fingerprint density at radius 1 is 1.13 bits per heavy atom. The first-order chi connectivity index (χ1) is 10.9. The number of amides is 3. The van der Waals surface area contributed by atoms with E-state index in [9.17, 15) is 19.2 Å². The summed E-state index contributed by atoms with van der Waals surface area (Å²) in [6, 6.07) is 6.24. The summed E-state index contributed by atoms with van der Waals surface area (Å²) in [4.78, 5) is 52.0. The second kappa shape index (κ2) is 7.04. The molecule has 0 saturated carbocycles. The van der Waals surface area contributed by atoms with Gasteiger partial charge in [-0.05, 0) is 18.1 Å². The average molecular weight is 318 g/mol. The molecule has 0 atom stereocenters. The molecule has 1 aliphatic rings. The van der Waals surface area contributed by atoms with E-state index < -0.39 is 17.8 Å². The number of imide groups is 1. The van der Waals surface area contributed by atoms with E-state index in [0.29, 0.717) is 11.5 Å². The number of fused-ring (bicyclic) bond motifs is 1. The number of carbonyl (C=O) groups excluding carboxylic acids is 4. The number of hydrogen-bond acceptors (Lipinski definition) is 5. The molecule has 1 N–H and O–H groups in total. The van der Waals surface area contributed by atoms with Crippen molar-refractivity contribution < 1.29 is 24.0 Å². The van der Waals surface area contributed by atoms with Crippen molar-refractivity contribution in [1.82, 2.24) is 10.4 Å². The first-order valence-corrected chi connectivity index (χ1v) is 7.35. The number of nitrogens with zero attached hydrogens (tertiary/aromatic N) is 1. The van der Waals surface area contributed by atoms with Crippen LogP contribution >= 0.6 is 0 Å². The summed E-state index contributed by atoms with van der Waals surface area (Å²) in [7, 11) is 0. The van der Waals surface area contributed by atoms with Crippen molar-refractivity contribution in [2.75, 3.05) is 6.54 Å². The van der Waals surface area contributed by atoms with Gasteiger partial charge in [-0.15, -0.1) is 0 Å². The summed E-state index contributed by atoms with van der Waals surface area (Å²) in [5.41, 5.74) is 0.408. The molecule has 23 heavy (non-hydrogen) atoms. The van der Waals surface area contributed by atoms with Gasteiger partial charge in [0.05, 0.1) is 17.5 Å². The maximum absolute atomic E-state index is 12.0. The number of hydroxylamine groups is 2. The predicted octanol–water partition coefficient (Wildman–Crippen LogP) is 1.29. The van der Waals surface area contributed by atoms with Crippen molar-refractivity contribution in [2.24, 2.45) is 5.92 Å². The van der Waals surface area contributed by atoms with Crippen LogP contribution in [0.3, 0.4) is 0 Å². The van der Waals surface area contributed by atoms with E-state index in [2.05, 4.69) is 5.32 Å². The van der Waals surface area contributed by atoms with Gasteiger partial charge in [0.25, 0.3) is 11.8 Å². The molecule has 7 nitrogen and oxygen atoms in total. The lowest BCUT2D eigenvalue weighted by atomic mass is 10.1. The fraction of sp³-hybridized carbons (Fsp3) is 0.375. The number of hydrogen-bond donors (Lipinski definition) is 1. The quantitative estimate of drug-likeness (QED) is 0.798. The predicted molar refractivity (Wildman–Crippen MR) is 80.1 cm³/mol. The van der Waals surface area contributed by atoms with Crippen LogP contribution in [0, 0.1) is 5.92 Å². The largest absolute Gasteiger partial charge is 0.356 e. The van der Waals surface area contributed by atoms with Gasteiger partial charge in [-0.25, -0.2) is 4.79 Å². The molecule has 0 saturated heterocycles. The van der Waals surface area contributed by atoms with Gasteiger partial charge in [-0.2, -0.15) is 0 Å². The van der Waals surface area contributed by atoms with E-state index in [1.807, 2.05) is 13.8 Å². The lowest BCUT2D eigenvalue weighted by Gasteiger charge is -2.13. The van der Waals surface area contributed by atoms with Crippen LogP contribution in [-0.2, 0) is 14.4 Å². The molecule has 2 rings (SSSR count). The van der Waals surface area contributed by atoms with E-state index in [-0.39, 0.29) is 35.9 Å². The molecule has 1 heterocycles. The van der Waals surface area contributed by atoms with E-state index in [4.69, 9.17) is 4.84 Å². The smallest absolute Gasteiger partial charge is 0.335 e. The minimum atomic E-state index is -0.760. The molecule has 0 unspecified atom stereocenters. The molecule has 0 bridgehead atoms. The molecule has 1 aromatic carbocycles. The Kier molecular flexibility index (Phi) is 5.10. The summed E-state index contributed by atoms with van der Waals surface area (Å²) in [6.07, 6.45) is 0.241. The third kappa shape index (κ3) is 3.94. The highest BCUT2D eigenvalue weighted by molar-refractivity contribution is 6.20. The van der Waals surface area contributed by atoms with Gasteiger partial charge >= 0.3 is 5.97 Å². The summed E-state index contributed by atoms with van der Waals surface area (Å²) in [5, 5.41) is 3.04.